The summed E-state index contributed by atoms with van der Waals surface area (Å²) in [6, 6.07) is 0. The molecule has 3 heteroatoms. The predicted molar refractivity (Wildman–Crippen MR) is 56.2 cm³/mol. The predicted octanol–water partition coefficient (Wildman–Crippen LogP) is 2.37. The van der Waals surface area contributed by atoms with E-state index in [4.69, 9.17) is 4.74 Å². The van der Waals surface area contributed by atoms with Gasteiger partial charge in [0.05, 0.1) is 0 Å². The molecule has 0 aromatic rings. The first kappa shape index (κ1) is 11.1. The Balaban J connectivity index is 2.49. The molecular formula is C10H18O2Sn. The third-order valence-corrected chi connectivity index (χ3v) is 9.23. The van der Waals surface area contributed by atoms with Crippen LogP contribution < -0.4 is 0 Å². The zero-order valence-electron chi connectivity index (χ0n) is 8.72. The van der Waals surface area contributed by atoms with Crippen molar-refractivity contribution in [3.8, 4) is 0 Å². The van der Waals surface area contributed by atoms with Gasteiger partial charge in [0.2, 0.25) is 0 Å². The molecule has 1 heterocycles. The minimum atomic E-state index is -1.96. The van der Waals surface area contributed by atoms with E-state index in [0.29, 0.717) is 6.61 Å². The quantitative estimate of drug-likeness (QED) is 0.589. The summed E-state index contributed by atoms with van der Waals surface area (Å²) < 4.78 is 6.27. The molecule has 1 atom stereocenters. The molecule has 0 aromatic heterocycles. The van der Waals surface area contributed by atoms with Crippen LogP contribution in [0.3, 0.4) is 0 Å². The Hall–Kier alpha value is 0.00870. The number of carbonyl (C=O) groups excluding carboxylic acids is 1. The minimum absolute atomic E-state index is 0.0170. The molecule has 0 spiro atoms. The van der Waals surface area contributed by atoms with Gasteiger partial charge in [0.15, 0.2) is 0 Å². The van der Waals surface area contributed by atoms with Crippen LogP contribution in [0.5, 0.6) is 0 Å². The van der Waals surface area contributed by atoms with Crippen LogP contribution in [-0.4, -0.2) is 31.0 Å². The molecule has 74 valence electrons. The Morgan fingerprint density at radius 3 is 2.62 bits per heavy atom. The second kappa shape index (κ2) is 4.03. The van der Waals surface area contributed by atoms with Crippen LogP contribution in [0.4, 0.5) is 0 Å². The van der Waals surface area contributed by atoms with Gasteiger partial charge < -0.3 is 0 Å². The first-order valence-corrected chi connectivity index (χ1v) is 14.7. The number of allylic oxidation sites excluding steroid dienone is 1. The second-order valence-corrected chi connectivity index (χ2v) is 19.6. The first-order valence-electron chi connectivity index (χ1n) is 4.76. The Morgan fingerprint density at radius 2 is 2.23 bits per heavy atom. The van der Waals surface area contributed by atoms with Gasteiger partial charge in [0.1, 0.15) is 0 Å². The third kappa shape index (κ3) is 3.00. The summed E-state index contributed by atoms with van der Waals surface area (Å²) in [5, 5.41) is 0. The topological polar surface area (TPSA) is 26.3 Å². The van der Waals surface area contributed by atoms with E-state index in [-0.39, 0.29) is 11.9 Å². The molecule has 1 aliphatic heterocycles. The van der Waals surface area contributed by atoms with E-state index in [2.05, 4.69) is 21.4 Å². The van der Waals surface area contributed by atoms with Crippen molar-refractivity contribution in [1.82, 2.24) is 0 Å². The maximum atomic E-state index is 11.2. The summed E-state index contributed by atoms with van der Waals surface area (Å²) in [4.78, 5) is 18.2. The fourth-order valence-corrected chi connectivity index (χ4v) is 3.78. The zero-order valence-corrected chi connectivity index (χ0v) is 11.6. The third-order valence-electron chi connectivity index (χ3n) is 2.60. The molecule has 0 saturated carbocycles. The number of esters is 1. The van der Waals surface area contributed by atoms with Gasteiger partial charge >= 0.3 is 84.2 Å². The molecule has 2 nitrogen and oxygen atoms in total. The van der Waals surface area contributed by atoms with Crippen LogP contribution in [0, 0.1) is 5.92 Å². The summed E-state index contributed by atoms with van der Waals surface area (Å²) in [7, 11) is 0. The molecule has 1 saturated heterocycles. The van der Waals surface area contributed by atoms with Crippen molar-refractivity contribution in [3.05, 3.63) is 10.2 Å². The molecule has 0 radical (unpaired) electrons. The Kier molecular flexibility index (Phi) is 3.43. The van der Waals surface area contributed by atoms with Crippen molar-refractivity contribution < 1.29 is 9.53 Å². The van der Waals surface area contributed by atoms with Crippen molar-refractivity contribution in [2.75, 3.05) is 6.61 Å². The van der Waals surface area contributed by atoms with Gasteiger partial charge in [0, 0.05) is 0 Å². The summed E-state index contributed by atoms with van der Waals surface area (Å²) in [5.74, 6) is 0.0973. The van der Waals surface area contributed by atoms with Crippen LogP contribution in [0.2, 0.25) is 14.8 Å². The van der Waals surface area contributed by atoms with E-state index >= 15 is 0 Å². The molecule has 1 aliphatic rings. The summed E-state index contributed by atoms with van der Waals surface area (Å²) in [5.41, 5.74) is 0. The average molecular weight is 289 g/mol. The van der Waals surface area contributed by atoms with Crippen LogP contribution >= 0.6 is 0 Å². The fraction of sp³-hybridized carbons (Fsp3) is 0.700. The normalized spacial score (nSPS) is 23.0. The van der Waals surface area contributed by atoms with Gasteiger partial charge in [-0.15, -0.1) is 0 Å². The van der Waals surface area contributed by atoms with Gasteiger partial charge in [0.25, 0.3) is 0 Å². The number of ether oxygens (including phenoxy) is 1. The van der Waals surface area contributed by atoms with Gasteiger partial charge in [-0.25, -0.2) is 0 Å². The van der Waals surface area contributed by atoms with E-state index in [9.17, 15) is 4.79 Å². The molecule has 13 heavy (non-hydrogen) atoms. The van der Waals surface area contributed by atoms with Crippen LogP contribution in [0.25, 0.3) is 0 Å². The molecule has 0 aliphatic carbocycles. The number of rotatable bonds is 3. The molecule has 0 bridgehead atoms. The summed E-state index contributed by atoms with van der Waals surface area (Å²) in [6.07, 6.45) is 1.76. The van der Waals surface area contributed by atoms with Crippen LogP contribution in [0.1, 0.15) is 12.8 Å². The van der Waals surface area contributed by atoms with Crippen molar-refractivity contribution in [1.29, 1.82) is 0 Å². The van der Waals surface area contributed by atoms with Crippen molar-refractivity contribution in [3.63, 3.8) is 0 Å². The first-order chi connectivity index (χ1) is 5.91. The standard InChI is InChI=1S/C7H9O2.3CH3.Sn/c1-2-3-6-4-5-9-7(6)8;;;;/h6H,1,3-5H2;3*1H3;. The van der Waals surface area contributed by atoms with E-state index in [0.717, 1.165) is 12.8 Å². The fourth-order valence-electron chi connectivity index (χ4n) is 1.33. The SMILES string of the molecule is C=[C](CC1CCOC1=O)[Sn]([CH3])([CH3])[CH3]. The van der Waals surface area contributed by atoms with E-state index in [1.165, 1.54) is 3.59 Å². The Bertz CT molecular complexity index is 228. The second-order valence-electron chi connectivity index (χ2n) is 4.71. The Labute approximate surface area is 84.2 Å². The van der Waals surface area contributed by atoms with E-state index in [1.807, 2.05) is 0 Å². The molecular weight excluding hydrogens is 271 g/mol. The molecule has 0 N–H and O–H groups in total. The average Bonchev–Trinajstić information content (AvgIpc) is 2.34. The van der Waals surface area contributed by atoms with Crippen LogP contribution in [-0.2, 0) is 9.53 Å². The van der Waals surface area contributed by atoms with Gasteiger partial charge in [-0.05, 0) is 0 Å². The van der Waals surface area contributed by atoms with Gasteiger partial charge in [-0.1, -0.05) is 0 Å². The van der Waals surface area contributed by atoms with Gasteiger partial charge in [-0.3, -0.25) is 0 Å². The van der Waals surface area contributed by atoms with Crippen molar-refractivity contribution in [2.45, 2.75) is 27.7 Å². The van der Waals surface area contributed by atoms with Crippen molar-refractivity contribution >= 4 is 24.3 Å². The Morgan fingerprint density at radius 1 is 1.62 bits per heavy atom. The number of carbonyl (C=O) groups is 1. The van der Waals surface area contributed by atoms with Crippen LogP contribution in [0.15, 0.2) is 10.2 Å². The number of hydrogen-bond acceptors (Lipinski definition) is 2. The summed E-state index contributed by atoms with van der Waals surface area (Å²) >= 11 is -1.96. The number of cyclic esters (lactones) is 1. The van der Waals surface area contributed by atoms with E-state index in [1.54, 1.807) is 0 Å². The molecule has 0 aromatic carbocycles. The zero-order chi connectivity index (χ0) is 10.1. The molecule has 1 unspecified atom stereocenters. The van der Waals surface area contributed by atoms with Crippen molar-refractivity contribution in [2.24, 2.45) is 5.92 Å². The molecule has 1 rings (SSSR count). The van der Waals surface area contributed by atoms with Gasteiger partial charge in [-0.2, -0.15) is 0 Å². The maximum absolute atomic E-state index is 11.2. The summed E-state index contributed by atoms with van der Waals surface area (Å²) in [6.45, 7) is 4.72. The molecule has 1 fully saturated rings. The molecule has 0 amide bonds. The number of hydrogen-bond donors (Lipinski definition) is 0. The van der Waals surface area contributed by atoms with E-state index < -0.39 is 18.4 Å². The monoisotopic (exact) mass is 290 g/mol.